The van der Waals surface area contributed by atoms with Crippen LogP contribution < -0.4 is 11.3 Å². The number of nitrogens with two attached hydrogens (primary N) is 1. The van der Waals surface area contributed by atoms with Crippen LogP contribution in [0.2, 0.25) is 0 Å². The van der Waals surface area contributed by atoms with Crippen molar-refractivity contribution in [1.82, 2.24) is 5.43 Å². The van der Waals surface area contributed by atoms with Crippen LogP contribution in [-0.4, -0.2) is 0 Å². The predicted molar refractivity (Wildman–Crippen MR) is 67.9 cm³/mol. The number of hydrazine groups is 1. The molecule has 3 atom stereocenters. The van der Waals surface area contributed by atoms with Gasteiger partial charge in [-0.3, -0.25) is 11.3 Å². The van der Waals surface area contributed by atoms with E-state index >= 15 is 0 Å². The normalized spacial score (nSPS) is 25.8. The van der Waals surface area contributed by atoms with Crippen molar-refractivity contribution in [2.45, 2.75) is 39.2 Å². The van der Waals surface area contributed by atoms with Crippen LogP contribution in [0.4, 0.5) is 0 Å². The molecule has 88 valence electrons. The zero-order chi connectivity index (χ0) is 11.7. The lowest BCUT2D eigenvalue weighted by molar-refractivity contribution is 0.475. The largest absolute Gasteiger partial charge is 0.271 e. The van der Waals surface area contributed by atoms with E-state index in [-0.39, 0.29) is 0 Å². The van der Waals surface area contributed by atoms with E-state index < -0.39 is 0 Å². The van der Waals surface area contributed by atoms with Gasteiger partial charge in [-0.05, 0) is 35.3 Å². The first-order valence-electron chi connectivity index (χ1n) is 6.19. The molecule has 1 aliphatic carbocycles. The Bertz CT molecular complexity index is 342. The Morgan fingerprint density at radius 2 is 1.69 bits per heavy atom. The molecule has 1 aromatic carbocycles. The smallest absolute Gasteiger partial charge is 0.0490 e. The Morgan fingerprint density at radius 1 is 1.19 bits per heavy atom. The van der Waals surface area contributed by atoms with Crippen LogP contribution in [0.3, 0.4) is 0 Å². The zero-order valence-electron chi connectivity index (χ0n) is 10.4. The molecule has 0 bridgehead atoms. The van der Waals surface area contributed by atoms with Crippen molar-refractivity contribution in [3.05, 3.63) is 35.4 Å². The van der Waals surface area contributed by atoms with Gasteiger partial charge in [-0.15, -0.1) is 0 Å². The Kier molecular flexibility index (Phi) is 3.31. The minimum atomic E-state index is 0.330. The molecule has 1 fully saturated rings. The minimum Gasteiger partial charge on any atom is -0.271 e. The van der Waals surface area contributed by atoms with Gasteiger partial charge in [0.15, 0.2) is 0 Å². The SMILES string of the molecule is CC(C)c1ccc(C(NN)C2CC2C)cc1. The van der Waals surface area contributed by atoms with Crippen molar-refractivity contribution in [3.63, 3.8) is 0 Å². The van der Waals surface area contributed by atoms with Crippen LogP contribution in [0.15, 0.2) is 24.3 Å². The van der Waals surface area contributed by atoms with Crippen molar-refractivity contribution < 1.29 is 0 Å². The number of nitrogens with one attached hydrogen (secondary N) is 1. The highest BCUT2D eigenvalue weighted by Gasteiger charge is 2.39. The zero-order valence-corrected chi connectivity index (χ0v) is 10.4. The summed E-state index contributed by atoms with van der Waals surface area (Å²) in [4.78, 5) is 0. The van der Waals surface area contributed by atoms with E-state index in [0.717, 1.165) is 11.8 Å². The maximum atomic E-state index is 5.66. The van der Waals surface area contributed by atoms with Gasteiger partial charge in [0.1, 0.15) is 0 Å². The topological polar surface area (TPSA) is 38.0 Å². The molecule has 0 spiro atoms. The van der Waals surface area contributed by atoms with E-state index in [1.165, 1.54) is 17.5 Å². The van der Waals surface area contributed by atoms with Gasteiger partial charge in [-0.25, -0.2) is 0 Å². The average Bonchev–Trinajstić information content (AvgIpc) is 2.97. The molecule has 3 unspecified atom stereocenters. The molecular formula is C14H22N2. The first-order chi connectivity index (χ1) is 7.63. The van der Waals surface area contributed by atoms with E-state index in [0.29, 0.717) is 12.0 Å². The highest BCUT2D eigenvalue weighted by Crippen LogP contribution is 2.46. The molecule has 16 heavy (non-hydrogen) atoms. The number of hydrogen-bond donors (Lipinski definition) is 2. The fourth-order valence-corrected chi connectivity index (χ4v) is 2.37. The molecular weight excluding hydrogens is 196 g/mol. The lowest BCUT2D eigenvalue weighted by Crippen LogP contribution is -2.29. The van der Waals surface area contributed by atoms with Crippen molar-refractivity contribution >= 4 is 0 Å². The second-order valence-corrected chi connectivity index (χ2v) is 5.34. The molecule has 1 aliphatic rings. The molecule has 1 aromatic rings. The summed E-state index contributed by atoms with van der Waals surface area (Å²) in [7, 11) is 0. The molecule has 1 saturated carbocycles. The second-order valence-electron chi connectivity index (χ2n) is 5.34. The third-order valence-corrected chi connectivity index (χ3v) is 3.74. The van der Waals surface area contributed by atoms with E-state index in [4.69, 9.17) is 5.84 Å². The maximum absolute atomic E-state index is 5.66. The molecule has 2 heteroatoms. The number of rotatable bonds is 4. The van der Waals surface area contributed by atoms with Gasteiger partial charge in [-0.1, -0.05) is 45.0 Å². The molecule has 0 aromatic heterocycles. The Hall–Kier alpha value is -0.860. The second kappa shape index (κ2) is 4.56. The summed E-state index contributed by atoms with van der Waals surface area (Å²) >= 11 is 0. The standard InChI is InChI=1S/C14H22N2/c1-9(2)11-4-6-12(7-5-11)14(16-15)13-8-10(13)3/h4-7,9-10,13-14,16H,8,15H2,1-3H3. The lowest BCUT2D eigenvalue weighted by atomic mass is 9.97. The minimum absolute atomic E-state index is 0.330. The van der Waals surface area contributed by atoms with E-state index in [1.54, 1.807) is 0 Å². The van der Waals surface area contributed by atoms with Crippen LogP contribution in [-0.2, 0) is 0 Å². The Morgan fingerprint density at radius 3 is 2.06 bits per heavy atom. The first kappa shape index (κ1) is 11.6. The van der Waals surface area contributed by atoms with Crippen molar-refractivity contribution in [3.8, 4) is 0 Å². The van der Waals surface area contributed by atoms with Crippen LogP contribution in [0.1, 0.15) is 50.3 Å². The summed E-state index contributed by atoms with van der Waals surface area (Å²) in [6, 6.07) is 9.20. The van der Waals surface area contributed by atoms with Crippen molar-refractivity contribution in [2.24, 2.45) is 17.7 Å². The van der Waals surface area contributed by atoms with E-state index in [9.17, 15) is 0 Å². The molecule has 0 aliphatic heterocycles. The summed E-state index contributed by atoms with van der Waals surface area (Å²) in [6.45, 7) is 6.73. The Balaban J connectivity index is 2.13. The molecule has 0 radical (unpaired) electrons. The molecule has 0 saturated heterocycles. The van der Waals surface area contributed by atoms with Crippen molar-refractivity contribution in [2.75, 3.05) is 0 Å². The molecule has 0 heterocycles. The quantitative estimate of drug-likeness (QED) is 0.602. The molecule has 2 nitrogen and oxygen atoms in total. The highest BCUT2D eigenvalue weighted by molar-refractivity contribution is 5.28. The maximum Gasteiger partial charge on any atom is 0.0490 e. The third-order valence-electron chi connectivity index (χ3n) is 3.74. The van der Waals surface area contributed by atoms with Gasteiger partial charge >= 0.3 is 0 Å². The lowest BCUT2D eigenvalue weighted by Gasteiger charge is -2.17. The summed E-state index contributed by atoms with van der Waals surface area (Å²) in [5.74, 6) is 7.78. The number of hydrogen-bond acceptors (Lipinski definition) is 2. The fraction of sp³-hybridized carbons (Fsp3) is 0.571. The van der Waals surface area contributed by atoms with Crippen LogP contribution in [0.5, 0.6) is 0 Å². The van der Waals surface area contributed by atoms with Gasteiger partial charge in [0.25, 0.3) is 0 Å². The van der Waals surface area contributed by atoms with Crippen molar-refractivity contribution in [1.29, 1.82) is 0 Å². The summed E-state index contributed by atoms with van der Waals surface area (Å²) < 4.78 is 0. The highest BCUT2D eigenvalue weighted by atomic mass is 15.2. The van der Waals surface area contributed by atoms with Gasteiger partial charge in [-0.2, -0.15) is 0 Å². The van der Waals surface area contributed by atoms with Crippen LogP contribution in [0.25, 0.3) is 0 Å². The summed E-state index contributed by atoms with van der Waals surface area (Å²) in [5.41, 5.74) is 5.67. The van der Waals surface area contributed by atoms with Crippen LogP contribution >= 0.6 is 0 Å². The molecule has 0 amide bonds. The fourth-order valence-electron chi connectivity index (χ4n) is 2.37. The summed E-state index contributed by atoms with van der Waals surface area (Å²) in [5, 5.41) is 0. The van der Waals surface area contributed by atoms with Gasteiger partial charge in [0.05, 0.1) is 0 Å². The molecule has 2 rings (SSSR count). The Labute approximate surface area is 98.2 Å². The van der Waals surface area contributed by atoms with Gasteiger partial charge < -0.3 is 0 Å². The first-order valence-corrected chi connectivity index (χ1v) is 6.19. The molecule has 3 N–H and O–H groups in total. The third kappa shape index (κ3) is 2.28. The average molecular weight is 218 g/mol. The van der Waals surface area contributed by atoms with Gasteiger partial charge in [0.2, 0.25) is 0 Å². The van der Waals surface area contributed by atoms with E-state index in [2.05, 4.69) is 50.5 Å². The predicted octanol–water partition coefficient (Wildman–Crippen LogP) is 2.97. The van der Waals surface area contributed by atoms with Crippen LogP contribution in [0, 0.1) is 11.8 Å². The van der Waals surface area contributed by atoms with E-state index in [1.807, 2.05) is 0 Å². The summed E-state index contributed by atoms with van der Waals surface area (Å²) in [6.07, 6.45) is 1.29. The van der Waals surface area contributed by atoms with Gasteiger partial charge in [0, 0.05) is 6.04 Å². The monoisotopic (exact) mass is 218 g/mol. The number of benzene rings is 1.